The Labute approximate surface area is 192 Å². The third-order valence-corrected chi connectivity index (χ3v) is 11.2. The minimum Gasteiger partial charge on any atom is -0.481 e. The standard InChI is InChI=1S/C26H43NO5/c1-15-21(28)6-7-22(31-15)32-17-8-11-24(2)16(14-17)4-5-19-18(24)9-12-25(3)20(23(29)30)10-13-26(19,25)27/h15-22,28H,4-14,27H2,1-3H3,(H,29,30)/t15?,16-,17+,18+,19-,20?,21-,22-,24+,25-,26+/m1/s1. The van der Waals surface area contributed by atoms with E-state index in [0.29, 0.717) is 17.8 Å². The largest absolute Gasteiger partial charge is 0.481 e. The van der Waals surface area contributed by atoms with Gasteiger partial charge in [-0.05, 0) is 99.7 Å². The summed E-state index contributed by atoms with van der Waals surface area (Å²) in [5.41, 5.74) is 6.87. The van der Waals surface area contributed by atoms with Gasteiger partial charge in [-0.2, -0.15) is 0 Å². The van der Waals surface area contributed by atoms with Gasteiger partial charge in [0.1, 0.15) is 0 Å². The fourth-order valence-electron chi connectivity index (χ4n) is 9.06. The normalized spacial score (nSPS) is 55.5. The van der Waals surface area contributed by atoms with Gasteiger partial charge in [0, 0.05) is 12.0 Å². The van der Waals surface area contributed by atoms with Gasteiger partial charge < -0.3 is 25.4 Å². The van der Waals surface area contributed by atoms with E-state index in [0.717, 1.165) is 64.2 Å². The molecule has 4 saturated carbocycles. The van der Waals surface area contributed by atoms with Crippen molar-refractivity contribution in [3.05, 3.63) is 0 Å². The van der Waals surface area contributed by atoms with Crippen LogP contribution in [0.2, 0.25) is 0 Å². The molecule has 11 atom stereocenters. The lowest BCUT2D eigenvalue weighted by atomic mass is 9.42. The number of aliphatic hydroxyl groups is 1. The molecule has 5 rings (SSSR count). The summed E-state index contributed by atoms with van der Waals surface area (Å²) in [6, 6.07) is 0. The number of carboxylic acid groups (broad SMARTS) is 1. The predicted octanol–water partition coefficient (Wildman–Crippen LogP) is 4.08. The lowest BCUT2D eigenvalue weighted by Gasteiger charge is -2.64. The van der Waals surface area contributed by atoms with Gasteiger partial charge in [-0.1, -0.05) is 13.8 Å². The number of hydrogen-bond acceptors (Lipinski definition) is 5. The minimum atomic E-state index is -0.650. The Kier molecular flexibility index (Phi) is 5.72. The molecule has 1 aliphatic heterocycles. The predicted molar refractivity (Wildman–Crippen MR) is 121 cm³/mol. The molecule has 0 aromatic heterocycles. The zero-order valence-corrected chi connectivity index (χ0v) is 20.1. The number of carbonyl (C=O) groups is 1. The van der Waals surface area contributed by atoms with Crippen LogP contribution < -0.4 is 5.73 Å². The molecule has 0 aromatic rings. The van der Waals surface area contributed by atoms with Gasteiger partial charge in [-0.25, -0.2) is 0 Å². The molecule has 0 aromatic carbocycles. The molecule has 1 saturated heterocycles. The topological polar surface area (TPSA) is 102 Å². The number of ether oxygens (including phenoxy) is 2. The van der Waals surface area contributed by atoms with E-state index in [1.54, 1.807) is 0 Å². The lowest BCUT2D eigenvalue weighted by Crippen LogP contribution is -2.66. The number of aliphatic carboxylic acids is 1. The Hall–Kier alpha value is -0.690. The van der Waals surface area contributed by atoms with Crippen molar-refractivity contribution in [3.63, 3.8) is 0 Å². The van der Waals surface area contributed by atoms with E-state index in [1.165, 1.54) is 6.42 Å². The van der Waals surface area contributed by atoms with Crippen LogP contribution in [0.15, 0.2) is 0 Å². The number of carboxylic acids is 1. The van der Waals surface area contributed by atoms with E-state index in [4.69, 9.17) is 15.2 Å². The Morgan fingerprint density at radius 2 is 1.78 bits per heavy atom. The second-order valence-electron chi connectivity index (χ2n) is 12.4. The van der Waals surface area contributed by atoms with Gasteiger partial charge in [-0.3, -0.25) is 4.79 Å². The van der Waals surface area contributed by atoms with E-state index in [9.17, 15) is 15.0 Å². The van der Waals surface area contributed by atoms with Crippen LogP contribution in [0.3, 0.4) is 0 Å². The molecule has 4 aliphatic carbocycles. The third-order valence-electron chi connectivity index (χ3n) is 11.2. The van der Waals surface area contributed by atoms with Gasteiger partial charge in [0.25, 0.3) is 0 Å². The maximum absolute atomic E-state index is 12.0. The molecular formula is C26H43NO5. The van der Waals surface area contributed by atoms with Crippen molar-refractivity contribution in [2.45, 2.75) is 122 Å². The van der Waals surface area contributed by atoms with Crippen LogP contribution in [0.5, 0.6) is 0 Å². The van der Waals surface area contributed by atoms with E-state index in [2.05, 4.69) is 13.8 Å². The van der Waals surface area contributed by atoms with Crippen molar-refractivity contribution in [2.24, 2.45) is 40.2 Å². The summed E-state index contributed by atoms with van der Waals surface area (Å²) in [6.45, 7) is 6.60. The Morgan fingerprint density at radius 3 is 2.50 bits per heavy atom. The zero-order chi connectivity index (χ0) is 22.9. The first-order chi connectivity index (χ1) is 15.1. The highest BCUT2D eigenvalue weighted by Crippen LogP contribution is 2.68. The maximum atomic E-state index is 12.0. The van der Waals surface area contributed by atoms with Crippen LogP contribution in [0, 0.1) is 34.5 Å². The molecule has 6 nitrogen and oxygen atoms in total. The molecule has 5 fully saturated rings. The number of aliphatic hydroxyl groups excluding tert-OH is 1. The number of rotatable bonds is 3. The van der Waals surface area contributed by atoms with Gasteiger partial charge in [-0.15, -0.1) is 0 Å². The van der Waals surface area contributed by atoms with Crippen molar-refractivity contribution >= 4 is 5.97 Å². The first kappa shape index (κ1) is 23.1. The molecule has 2 unspecified atom stereocenters. The Morgan fingerprint density at radius 1 is 1.00 bits per heavy atom. The molecular weight excluding hydrogens is 406 g/mol. The van der Waals surface area contributed by atoms with Crippen LogP contribution in [0.4, 0.5) is 0 Å². The summed E-state index contributed by atoms with van der Waals surface area (Å²) in [5, 5.41) is 19.8. The van der Waals surface area contributed by atoms with Crippen molar-refractivity contribution in [3.8, 4) is 0 Å². The van der Waals surface area contributed by atoms with Crippen molar-refractivity contribution in [1.29, 1.82) is 0 Å². The fourth-order valence-corrected chi connectivity index (χ4v) is 9.06. The molecule has 182 valence electrons. The average Bonchev–Trinajstić information content (AvgIpc) is 3.02. The average molecular weight is 450 g/mol. The van der Waals surface area contributed by atoms with Crippen LogP contribution in [-0.2, 0) is 14.3 Å². The van der Waals surface area contributed by atoms with E-state index in [-0.39, 0.29) is 46.9 Å². The second-order valence-corrected chi connectivity index (χ2v) is 12.4. The van der Waals surface area contributed by atoms with Gasteiger partial charge in [0.15, 0.2) is 6.29 Å². The monoisotopic (exact) mass is 449 g/mol. The highest BCUT2D eigenvalue weighted by molar-refractivity contribution is 5.72. The molecule has 32 heavy (non-hydrogen) atoms. The molecule has 6 heteroatoms. The zero-order valence-electron chi connectivity index (χ0n) is 20.1. The van der Waals surface area contributed by atoms with Crippen molar-refractivity contribution in [2.75, 3.05) is 0 Å². The number of nitrogens with two attached hydrogens (primary N) is 1. The second kappa shape index (κ2) is 7.93. The van der Waals surface area contributed by atoms with Gasteiger partial charge in [0.05, 0.1) is 24.2 Å². The van der Waals surface area contributed by atoms with E-state index >= 15 is 0 Å². The summed E-state index contributed by atoms with van der Waals surface area (Å²) in [4.78, 5) is 12.0. The highest BCUT2D eigenvalue weighted by atomic mass is 16.7. The van der Waals surface area contributed by atoms with Gasteiger partial charge in [0.2, 0.25) is 0 Å². The number of hydrogen-bond donors (Lipinski definition) is 3. The van der Waals surface area contributed by atoms with E-state index in [1.807, 2.05) is 6.92 Å². The molecule has 0 bridgehead atoms. The summed E-state index contributed by atoms with van der Waals surface area (Å²) < 4.78 is 12.3. The Bertz CT molecular complexity index is 746. The quantitative estimate of drug-likeness (QED) is 0.561. The number of fused-ring (bicyclic) bond motifs is 5. The SMILES string of the molecule is CC1O[C@H](O[C@H]2CC[C@@]3(C)[C@H](CC[C@@H]4[C@@H]3CC[C@]3(C)C(C(=O)O)CC[C@]43N)C2)CC[C@H]1O. The minimum absolute atomic E-state index is 0.156. The molecule has 0 amide bonds. The highest BCUT2D eigenvalue weighted by Gasteiger charge is 2.67. The first-order valence-electron chi connectivity index (χ1n) is 13.1. The van der Waals surface area contributed by atoms with Crippen LogP contribution in [0.1, 0.15) is 91.4 Å². The lowest BCUT2D eigenvalue weighted by molar-refractivity contribution is -0.247. The summed E-state index contributed by atoms with van der Waals surface area (Å²) >= 11 is 0. The Balaban J connectivity index is 1.28. The molecule has 0 radical (unpaired) electrons. The van der Waals surface area contributed by atoms with Crippen LogP contribution in [-0.4, -0.2) is 46.3 Å². The molecule has 0 spiro atoms. The third kappa shape index (κ3) is 3.30. The molecule has 1 heterocycles. The van der Waals surface area contributed by atoms with Crippen LogP contribution >= 0.6 is 0 Å². The van der Waals surface area contributed by atoms with Crippen molar-refractivity contribution < 1.29 is 24.5 Å². The van der Waals surface area contributed by atoms with Crippen LogP contribution in [0.25, 0.3) is 0 Å². The fraction of sp³-hybridized carbons (Fsp3) is 0.962. The first-order valence-corrected chi connectivity index (χ1v) is 13.1. The summed E-state index contributed by atoms with van der Waals surface area (Å²) in [5.74, 6) is 0.725. The maximum Gasteiger partial charge on any atom is 0.307 e. The smallest absolute Gasteiger partial charge is 0.307 e. The van der Waals surface area contributed by atoms with Gasteiger partial charge >= 0.3 is 5.97 Å². The van der Waals surface area contributed by atoms with Crippen molar-refractivity contribution in [1.82, 2.24) is 0 Å². The summed E-state index contributed by atoms with van der Waals surface area (Å²) in [7, 11) is 0. The summed E-state index contributed by atoms with van der Waals surface area (Å²) in [6.07, 6.45) is 10.3. The molecule has 4 N–H and O–H groups in total. The molecule has 5 aliphatic rings. The van der Waals surface area contributed by atoms with E-state index < -0.39 is 5.97 Å².